The van der Waals surface area contributed by atoms with Gasteiger partial charge in [-0.3, -0.25) is 9.55 Å². The Morgan fingerprint density at radius 3 is 1.71 bits per heavy atom. The highest BCUT2D eigenvalue weighted by molar-refractivity contribution is 6.07. The minimum absolute atomic E-state index is 0.452. The average molecular weight is 715 g/mol. The van der Waals surface area contributed by atoms with Crippen LogP contribution in [0.2, 0.25) is 0 Å². The fourth-order valence-electron chi connectivity index (χ4n) is 8.90. The van der Waals surface area contributed by atoms with Gasteiger partial charge in [0.05, 0.1) is 16.6 Å². The molecule has 10 aromatic rings. The third-order valence-electron chi connectivity index (χ3n) is 11.3. The third kappa shape index (κ3) is 4.83. The molecule has 4 heteroatoms. The Hall–Kier alpha value is -7.43. The van der Waals surface area contributed by atoms with Gasteiger partial charge in [-0.2, -0.15) is 0 Å². The molecule has 56 heavy (non-hydrogen) atoms. The molecule has 0 unspecified atom stereocenters. The van der Waals surface area contributed by atoms with Gasteiger partial charge in [0.15, 0.2) is 0 Å². The van der Waals surface area contributed by atoms with E-state index in [9.17, 15) is 0 Å². The summed E-state index contributed by atoms with van der Waals surface area (Å²) in [5, 5.41) is 0. The molecule has 0 saturated heterocycles. The predicted molar refractivity (Wildman–Crippen MR) is 228 cm³/mol. The third-order valence-corrected chi connectivity index (χ3v) is 11.3. The Balaban J connectivity index is 1.10. The molecule has 1 aliphatic carbocycles. The molecule has 11 rings (SSSR count). The Morgan fingerprint density at radius 2 is 1.00 bits per heavy atom. The van der Waals surface area contributed by atoms with Gasteiger partial charge in [0.1, 0.15) is 22.4 Å². The molecule has 0 fully saturated rings. The van der Waals surface area contributed by atoms with E-state index in [0.29, 0.717) is 0 Å². The maximum Gasteiger partial charge on any atom is 0.145 e. The van der Waals surface area contributed by atoms with Crippen molar-refractivity contribution in [3.05, 3.63) is 229 Å². The summed E-state index contributed by atoms with van der Waals surface area (Å²) in [4.78, 5) is 15.4. The van der Waals surface area contributed by atoms with Crippen molar-refractivity contribution in [2.24, 2.45) is 0 Å². The molecule has 7 aromatic carbocycles. The van der Waals surface area contributed by atoms with Crippen LogP contribution >= 0.6 is 0 Å². The van der Waals surface area contributed by atoms with E-state index in [1.165, 1.54) is 38.9 Å². The van der Waals surface area contributed by atoms with E-state index >= 15 is 0 Å². The van der Waals surface area contributed by atoms with Gasteiger partial charge in [-0.05, 0) is 74.8 Å². The summed E-state index contributed by atoms with van der Waals surface area (Å²) in [6.45, 7) is 0. The molecule has 0 spiro atoms. The van der Waals surface area contributed by atoms with Crippen molar-refractivity contribution >= 4 is 22.1 Å². The fraction of sp³-hybridized carbons (Fsp3) is 0.0192. The molecule has 3 aromatic heterocycles. The average Bonchev–Trinajstić information content (AvgIpc) is 3.83. The second-order valence-electron chi connectivity index (χ2n) is 14.4. The Bertz CT molecular complexity index is 3010. The second kappa shape index (κ2) is 12.9. The number of hydrogen-bond acceptors (Lipinski definition) is 3. The summed E-state index contributed by atoms with van der Waals surface area (Å²) in [5.74, 6) is 0.839. The van der Waals surface area contributed by atoms with Crippen LogP contribution in [0.1, 0.15) is 22.3 Å². The van der Waals surface area contributed by atoms with Gasteiger partial charge in [0.2, 0.25) is 0 Å². The SMILES string of the molecule is c1ccc(-c2nc3cccnc3c3nc(-c4ccc(-c5ccc6c(c5)C(c5ccccc5)(c5ccccc5)c5ccccc5-6)cc4)n(-c4ccccc4)c23)cc1. The van der Waals surface area contributed by atoms with Crippen molar-refractivity contribution < 1.29 is 0 Å². The highest BCUT2D eigenvalue weighted by Gasteiger charge is 2.46. The fourth-order valence-corrected chi connectivity index (χ4v) is 8.90. The molecule has 0 N–H and O–H groups in total. The van der Waals surface area contributed by atoms with Crippen LogP contribution < -0.4 is 0 Å². The van der Waals surface area contributed by atoms with Crippen LogP contribution in [-0.2, 0) is 5.41 Å². The van der Waals surface area contributed by atoms with Crippen molar-refractivity contribution in [2.45, 2.75) is 5.41 Å². The Morgan fingerprint density at radius 1 is 0.411 bits per heavy atom. The number of nitrogens with zero attached hydrogens (tertiary/aromatic N) is 4. The number of benzene rings is 7. The van der Waals surface area contributed by atoms with Crippen molar-refractivity contribution in [3.63, 3.8) is 0 Å². The topological polar surface area (TPSA) is 43.6 Å². The van der Waals surface area contributed by atoms with Gasteiger partial charge in [0.25, 0.3) is 0 Å². The van der Waals surface area contributed by atoms with Crippen LogP contribution in [0.15, 0.2) is 206 Å². The molecule has 0 radical (unpaired) electrons. The lowest BCUT2D eigenvalue weighted by atomic mass is 9.67. The molecule has 262 valence electrons. The van der Waals surface area contributed by atoms with E-state index in [-0.39, 0.29) is 0 Å². The first-order valence-corrected chi connectivity index (χ1v) is 19.0. The van der Waals surface area contributed by atoms with Crippen molar-refractivity contribution in [2.75, 3.05) is 0 Å². The molecule has 3 heterocycles. The van der Waals surface area contributed by atoms with E-state index < -0.39 is 5.41 Å². The zero-order valence-electron chi connectivity index (χ0n) is 30.4. The maximum atomic E-state index is 5.39. The molecule has 1 aliphatic rings. The Kier molecular flexibility index (Phi) is 7.36. The van der Waals surface area contributed by atoms with E-state index in [1.807, 2.05) is 30.5 Å². The van der Waals surface area contributed by atoms with E-state index in [4.69, 9.17) is 15.0 Å². The normalized spacial score (nSPS) is 12.8. The number of rotatable bonds is 6. The van der Waals surface area contributed by atoms with E-state index in [0.717, 1.165) is 56.0 Å². The lowest BCUT2D eigenvalue weighted by Crippen LogP contribution is -2.28. The number of para-hydroxylation sites is 1. The van der Waals surface area contributed by atoms with Gasteiger partial charge >= 0.3 is 0 Å². The van der Waals surface area contributed by atoms with Crippen LogP contribution in [-0.4, -0.2) is 19.5 Å². The van der Waals surface area contributed by atoms with Crippen LogP contribution in [0.3, 0.4) is 0 Å². The number of fused-ring (bicyclic) bond motifs is 6. The van der Waals surface area contributed by atoms with Gasteiger partial charge in [-0.15, -0.1) is 0 Å². The number of hydrogen-bond donors (Lipinski definition) is 0. The molecule has 0 saturated carbocycles. The summed E-state index contributed by atoms with van der Waals surface area (Å²) < 4.78 is 2.24. The van der Waals surface area contributed by atoms with Gasteiger partial charge < -0.3 is 0 Å². The highest BCUT2D eigenvalue weighted by atomic mass is 15.1. The minimum atomic E-state index is -0.452. The first-order chi connectivity index (χ1) is 27.8. The smallest absolute Gasteiger partial charge is 0.145 e. The van der Waals surface area contributed by atoms with Gasteiger partial charge in [-0.1, -0.05) is 170 Å². The van der Waals surface area contributed by atoms with Crippen LogP contribution in [0.5, 0.6) is 0 Å². The molecule has 0 bridgehead atoms. The first kappa shape index (κ1) is 32.0. The van der Waals surface area contributed by atoms with Crippen LogP contribution in [0.25, 0.3) is 72.7 Å². The number of imidazole rings is 1. The lowest BCUT2D eigenvalue weighted by molar-refractivity contribution is 0.769. The first-order valence-electron chi connectivity index (χ1n) is 19.0. The zero-order chi connectivity index (χ0) is 37.1. The van der Waals surface area contributed by atoms with Gasteiger partial charge in [0, 0.05) is 23.0 Å². The molecular weight excluding hydrogens is 681 g/mol. The zero-order valence-corrected chi connectivity index (χ0v) is 30.4. The summed E-state index contributed by atoms with van der Waals surface area (Å²) in [7, 11) is 0. The second-order valence-corrected chi connectivity index (χ2v) is 14.4. The van der Waals surface area contributed by atoms with Crippen LogP contribution in [0.4, 0.5) is 0 Å². The van der Waals surface area contributed by atoms with E-state index in [1.54, 1.807) is 0 Å². The van der Waals surface area contributed by atoms with Crippen molar-refractivity contribution in [3.8, 4) is 50.6 Å². The van der Waals surface area contributed by atoms with E-state index in [2.05, 4.69) is 180 Å². The predicted octanol–water partition coefficient (Wildman–Crippen LogP) is 12.3. The molecule has 4 nitrogen and oxygen atoms in total. The summed E-state index contributed by atoms with van der Waals surface area (Å²) in [6, 6.07) is 71.5. The van der Waals surface area contributed by atoms with Gasteiger partial charge in [-0.25, -0.2) is 9.97 Å². The lowest BCUT2D eigenvalue weighted by Gasteiger charge is -2.34. The molecular formula is C52H34N4. The summed E-state index contributed by atoms with van der Waals surface area (Å²) in [5.41, 5.74) is 16.8. The Labute approximate surface area is 325 Å². The van der Waals surface area contributed by atoms with Crippen LogP contribution in [0, 0.1) is 0 Å². The molecule has 0 amide bonds. The van der Waals surface area contributed by atoms with Crippen molar-refractivity contribution in [1.29, 1.82) is 0 Å². The number of pyridine rings is 2. The maximum absolute atomic E-state index is 5.39. The minimum Gasteiger partial charge on any atom is -0.290 e. The molecule has 0 atom stereocenters. The molecule has 0 aliphatic heterocycles. The summed E-state index contributed by atoms with van der Waals surface area (Å²) in [6.07, 6.45) is 1.82. The standard InChI is InChI=1S/C52H34N4/c1-5-16-36(17-6-1)47-50-49(48-46(54-47)26-15-33-53-48)55-51(56(50)41-22-11-4-12-23-41)37-29-27-35(28-30-37)38-31-32-43-42-24-13-14-25-44(42)52(45(43)34-38,39-18-7-2-8-19-39)40-20-9-3-10-21-40/h1-34H. The highest BCUT2D eigenvalue weighted by Crippen LogP contribution is 2.56. The quantitative estimate of drug-likeness (QED) is 0.172. The monoisotopic (exact) mass is 714 g/mol. The number of aromatic nitrogens is 4. The largest absolute Gasteiger partial charge is 0.290 e. The summed E-state index contributed by atoms with van der Waals surface area (Å²) >= 11 is 0. The van der Waals surface area contributed by atoms with Crippen molar-refractivity contribution in [1.82, 2.24) is 19.5 Å².